The molecule has 3 aromatic rings. The van der Waals surface area contributed by atoms with E-state index in [0.29, 0.717) is 17.8 Å². The molecule has 7 nitrogen and oxygen atoms in total. The van der Waals surface area contributed by atoms with Gasteiger partial charge >= 0.3 is 0 Å². The number of aromatic nitrogens is 4. The third-order valence-corrected chi connectivity index (χ3v) is 5.91. The second-order valence-corrected chi connectivity index (χ2v) is 9.22. The summed E-state index contributed by atoms with van der Waals surface area (Å²) >= 11 is 0. The minimum Gasteiger partial charge on any atom is -0.325 e. The SMILES string of the molecule is C=Cc1[nH]nc(-c2cnn(C)c2)c1/C=C(\C)c1c(C)cc(NC(=O)CN2CCCC2)cc1F.CCC. The van der Waals surface area contributed by atoms with Crippen LogP contribution in [0.2, 0.25) is 0 Å². The number of nitrogens with one attached hydrogen (secondary N) is 2. The molecule has 3 heterocycles. The van der Waals surface area contributed by atoms with E-state index in [1.165, 1.54) is 12.5 Å². The van der Waals surface area contributed by atoms with Crippen molar-refractivity contribution in [3.05, 3.63) is 59.3 Å². The molecule has 192 valence electrons. The molecule has 0 aliphatic carbocycles. The highest BCUT2D eigenvalue weighted by Crippen LogP contribution is 2.31. The number of aryl methyl sites for hydroxylation is 2. The monoisotopic (exact) mass is 492 g/mol. The average Bonchev–Trinajstić information content (AvgIpc) is 3.55. The van der Waals surface area contributed by atoms with Crippen LogP contribution in [0.15, 0.2) is 31.1 Å². The molecular formula is C28H37FN6O. The highest BCUT2D eigenvalue weighted by molar-refractivity contribution is 5.93. The van der Waals surface area contributed by atoms with Crippen LogP contribution in [-0.2, 0) is 11.8 Å². The lowest BCUT2D eigenvalue weighted by Crippen LogP contribution is -2.30. The molecule has 0 atom stereocenters. The van der Waals surface area contributed by atoms with Crippen LogP contribution < -0.4 is 5.32 Å². The second kappa shape index (κ2) is 12.4. The number of nitrogens with zero attached hydrogens (tertiary/aromatic N) is 4. The number of amides is 1. The van der Waals surface area contributed by atoms with Crippen LogP contribution in [0.5, 0.6) is 0 Å². The van der Waals surface area contributed by atoms with Gasteiger partial charge in [0.05, 0.1) is 18.4 Å². The van der Waals surface area contributed by atoms with Crippen LogP contribution in [0, 0.1) is 12.7 Å². The number of carbonyl (C=O) groups is 1. The first-order chi connectivity index (χ1) is 17.3. The average molecular weight is 493 g/mol. The Balaban J connectivity index is 0.00000115. The summed E-state index contributed by atoms with van der Waals surface area (Å²) in [6, 6.07) is 3.19. The summed E-state index contributed by atoms with van der Waals surface area (Å²) in [5.74, 6) is -0.502. The molecule has 8 heteroatoms. The Hall–Kier alpha value is -3.52. The predicted molar refractivity (Wildman–Crippen MR) is 146 cm³/mol. The van der Waals surface area contributed by atoms with E-state index in [9.17, 15) is 4.79 Å². The molecule has 0 saturated carbocycles. The molecule has 2 aromatic heterocycles. The summed E-state index contributed by atoms with van der Waals surface area (Å²) in [5, 5.41) is 14.4. The molecule has 1 saturated heterocycles. The molecule has 0 radical (unpaired) electrons. The van der Waals surface area contributed by atoms with E-state index >= 15 is 4.39 Å². The third-order valence-electron chi connectivity index (χ3n) is 5.91. The quantitative estimate of drug-likeness (QED) is 0.430. The Morgan fingerprint density at radius 2 is 1.97 bits per heavy atom. The fourth-order valence-electron chi connectivity index (χ4n) is 4.38. The van der Waals surface area contributed by atoms with Gasteiger partial charge in [0.1, 0.15) is 11.5 Å². The number of H-pyrrole nitrogens is 1. The Morgan fingerprint density at radius 1 is 1.28 bits per heavy atom. The van der Waals surface area contributed by atoms with Gasteiger partial charge in [-0.25, -0.2) is 4.39 Å². The predicted octanol–water partition coefficient (Wildman–Crippen LogP) is 5.91. The summed E-state index contributed by atoms with van der Waals surface area (Å²) in [7, 11) is 1.84. The number of allylic oxidation sites excluding steroid dienone is 1. The van der Waals surface area contributed by atoms with Crippen molar-refractivity contribution in [1.29, 1.82) is 0 Å². The van der Waals surface area contributed by atoms with E-state index in [-0.39, 0.29) is 11.7 Å². The van der Waals surface area contributed by atoms with Crippen LogP contribution in [0.3, 0.4) is 0 Å². The molecular weight excluding hydrogens is 455 g/mol. The molecule has 4 rings (SSSR count). The molecule has 0 unspecified atom stereocenters. The Morgan fingerprint density at radius 3 is 2.56 bits per heavy atom. The topological polar surface area (TPSA) is 78.8 Å². The fourth-order valence-corrected chi connectivity index (χ4v) is 4.38. The molecule has 36 heavy (non-hydrogen) atoms. The number of aromatic amines is 1. The first-order valence-corrected chi connectivity index (χ1v) is 12.5. The highest BCUT2D eigenvalue weighted by atomic mass is 19.1. The fraction of sp³-hybridized carbons (Fsp3) is 0.393. The largest absolute Gasteiger partial charge is 0.325 e. The van der Waals surface area contributed by atoms with E-state index in [1.807, 2.05) is 39.2 Å². The van der Waals surface area contributed by atoms with Crippen molar-refractivity contribution in [2.45, 2.75) is 47.0 Å². The number of rotatable bonds is 7. The summed E-state index contributed by atoms with van der Waals surface area (Å²) < 4.78 is 16.9. The minimum absolute atomic E-state index is 0.120. The Kier molecular flexibility index (Phi) is 9.36. The van der Waals surface area contributed by atoms with Gasteiger partial charge in [-0.2, -0.15) is 10.2 Å². The number of halogens is 1. The van der Waals surface area contributed by atoms with Crippen molar-refractivity contribution in [3.63, 3.8) is 0 Å². The Labute approximate surface area is 213 Å². The van der Waals surface area contributed by atoms with Crippen LogP contribution in [-0.4, -0.2) is 50.4 Å². The van der Waals surface area contributed by atoms with Gasteiger partial charge < -0.3 is 5.32 Å². The van der Waals surface area contributed by atoms with Crippen LogP contribution in [0.1, 0.15) is 62.4 Å². The van der Waals surface area contributed by atoms with Gasteiger partial charge in [-0.3, -0.25) is 19.5 Å². The zero-order valence-corrected chi connectivity index (χ0v) is 22.0. The number of carbonyl (C=O) groups excluding carboxylic acids is 1. The van der Waals surface area contributed by atoms with Crippen LogP contribution >= 0.6 is 0 Å². The van der Waals surface area contributed by atoms with Crippen molar-refractivity contribution in [2.24, 2.45) is 7.05 Å². The minimum atomic E-state index is -0.383. The van der Waals surface area contributed by atoms with Gasteiger partial charge in [0.2, 0.25) is 5.91 Å². The maximum absolute atomic E-state index is 15.2. The smallest absolute Gasteiger partial charge is 0.238 e. The van der Waals surface area contributed by atoms with Crippen LogP contribution in [0.25, 0.3) is 29.0 Å². The molecule has 2 N–H and O–H groups in total. The summed E-state index contributed by atoms with van der Waals surface area (Å²) in [6.45, 7) is 14.0. The Bertz CT molecular complexity index is 1210. The molecule has 0 spiro atoms. The van der Waals surface area contributed by atoms with Crippen molar-refractivity contribution in [3.8, 4) is 11.3 Å². The first-order valence-electron chi connectivity index (χ1n) is 12.5. The molecule has 1 amide bonds. The lowest BCUT2D eigenvalue weighted by molar-refractivity contribution is -0.117. The van der Waals surface area contributed by atoms with Gasteiger partial charge in [-0.1, -0.05) is 26.8 Å². The first kappa shape index (κ1) is 27.1. The summed E-state index contributed by atoms with van der Waals surface area (Å²) in [6.07, 6.45) is 10.7. The zero-order chi connectivity index (χ0) is 26.2. The summed E-state index contributed by atoms with van der Waals surface area (Å²) in [5.41, 5.74) is 5.60. The van der Waals surface area contributed by atoms with Crippen molar-refractivity contribution in [2.75, 3.05) is 25.0 Å². The van der Waals surface area contributed by atoms with E-state index in [4.69, 9.17) is 0 Å². The van der Waals surface area contributed by atoms with Crippen molar-refractivity contribution in [1.82, 2.24) is 24.9 Å². The van der Waals surface area contributed by atoms with Gasteiger partial charge in [-0.05, 0) is 75.2 Å². The van der Waals surface area contributed by atoms with E-state index in [2.05, 4.69) is 45.9 Å². The lowest BCUT2D eigenvalue weighted by atomic mass is 9.97. The zero-order valence-electron chi connectivity index (χ0n) is 22.0. The molecule has 1 aromatic carbocycles. The molecule has 1 aliphatic heterocycles. The van der Waals surface area contributed by atoms with Gasteiger partial charge in [0.15, 0.2) is 0 Å². The highest BCUT2D eigenvalue weighted by Gasteiger charge is 2.18. The van der Waals surface area contributed by atoms with Gasteiger partial charge in [0.25, 0.3) is 0 Å². The number of benzene rings is 1. The van der Waals surface area contributed by atoms with E-state index < -0.39 is 0 Å². The van der Waals surface area contributed by atoms with Gasteiger partial charge in [0, 0.05) is 35.6 Å². The standard InChI is InChI=1S/C25H29FN6O.C3H8/c1-5-22-20(25(30-29-22)18-13-27-31(4)14-18)11-17(3)24-16(2)10-19(12-21(24)26)28-23(33)15-32-8-6-7-9-32;1-3-2/h5,10-14H,1,6-9,15H2,2-4H3,(H,28,33)(H,29,30);3H2,1-2H3/b17-11+;. The maximum Gasteiger partial charge on any atom is 0.238 e. The number of likely N-dealkylation sites (tertiary alicyclic amines) is 1. The number of anilines is 1. The van der Waals surface area contributed by atoms with Gasteiger partial charge in [-0.15, -0.1) is 0 Å². The van der Waals surface area contributed by atoms with Crippen molar-refractivity contribution >= 4 is 29.3 Å². The van der Waals surface area contributed by atoms with E-state index in [0.717, 1.165) is 59.6 Å². The third kappa shape index (κ3) is 6.57. The second-order valence-electron chi connectivity index (χ2n) is 9.22. The number of hydrogen-bond donors (Lipinski definition) is 2. The lowest BCUT2D eigenvalue weighted by Gasteiger charge is -2.15. The molecule has 1 aliphatic rings. The number of hydrogen-bond acceptors (Lipinski definition) is 4. The normalized spacial score (nSPS) is 13.9. The summed E-state index contributed by atoms with van der Waals surface area (Å²) in [4.78, 5) is 14.5. The molecule has 1 fully saturated rings. The molecule has 0 bridgehead atoms. The van der Waals surface area contributed by atoms with Crippen LogP contribution in [0.4, 0.5) is 10.1 Å². The van der Waals surface area contributed by atoms with Crippen molar-refractivity contribution < 1.29 is 9.18 Å². The van der Waals surface area contributed by atoms with E-state index in [1.54, 1.807) is 17.0 Å². The maximum atomic E-state index is 15.2.